The molecule has 1 unspecified atom stereocenters. The van der Waals surface area contributed by atoms with Crippen LogP contribution in [0.25, 0.3) is 0 Å². The fourth-order valence-electron chi connectivity index (χ4n) is 2.59. The van der Waals surface area contributed by atoms with Gasteiger partial charge >= 0.3 is 6.18 Å². The summed E-state index contributed by atoms with van der Waals surface area (Å²) >= 11 is 0. The van der Waals surface area contributed by atoms with Gasteiger partial charge in [-0.1, -0.05) is 12.1 Å². The summed E-state index contributed by atoms with van der Waals surface area (Å²) in [4.78, 5) is 17.4. The lowest BCUT2D eigenvalue weighted by atomic mass is 10.1. The Morgan fingerprint density at radius 1 is 1.31 bits per heavy atom. The van der Waals surface area contributed by atoms with E-state index in [1.807, 2.05) is 0 Å². The van der Waals surface area contributed by atoms with Crippen LogP contribution in [0.15, 0.2) is 29.3 Å². The molecule has 1 aromatic carbocycles. The lowest BCUT2D eigenvalue weighted by Gasteiger charge is -2.18. The molecular weight excluding hydrogens is 524 g/mol. The zero-order valence-corrected chi connectivity index (χ0v) is 19.1. The molecule has 0 bridgehead atoms. The van der Waals surface area contributed by atoms with Crippen LogP contribution in [0.5, 0.6) is 0 Å². The predicted molar refractivity (Wildman–Crippen MR) is 115 cm³/mol. The maximum atomic E-state index is 12.8. The van der Waals surface area contributed by atoms with Gasteiger partial charge in [-0.05, 0) is 24.1 Å². The van der Waals surface area contributed by atoms with Crippen molar-refractivity contribution in [2.75, 3.05) is 32.1 Å². The van der Waals surface area contributed by atoms with Crippen LogP contribution >= 0.6 is 24.0 Å². The summed E-state index contributed by atoms with van der Waals surface area (Å²) in [6.45, 7) is -0.143. The topological polar surface area (TPSA) is 90.9 Å². The number of nitrogens with zero attached hydrogens (tertiary/aromatic N) is 2. The first kappa shape index (κ1) is 25.5. The highest BCUT2D eigenvalue weighted by Crippen LogP contribution is 2.29. The van der Waals surface area contributed by atoms with Crippen LogP contribution in [0.2, 0.25) is 0 Å². The molecule has 1 aliphatic rings. The number of carbonyl (C=O) groups is 1. The van der Waals surface area contributed by atoms with Crippen molar-refractivity contribution in [3.63, 3.8) is 0 Å². The molecular formula is C17H24F3IN4O3S. The number of amides is 1. The molecule has 29 heavy (non-hydrogen) atoms. The molecule has 1 saturated heterocycles. The number of likely N-dealkylation sites (N-methyl/N-ethyl adjacent to an activating group) is 1. The van der Waals surface area contributed by atoms with Gasteiger partial charge in [0.25, 0.3) is 0 Å². The van der Waals surface area contributed by atoms with E-state index in [9.17, 15) is 26.4 Å². The fraction of sp³-hybridized carbons (Fsp3) is 0.529. The number of carbonyl (C=O) groups excluding carboxylic acids is 1. The Bertz CT molecular complexity index is 845. The summed E-state index contributed by atoms with van der Waals surface area (Å²) in [6, 6.07) is 4.43. The quantitative estimate of drug-likeness (QED) is 0.332. The van der Waals surface area contributed by atoms with Crippen molar-refractivity contribution >= 4 is 45.7 Å². The molecule has 0 radical (unpaired) electrons. The molecule has 1 fully saturated rings. The van der Waals surface area contributed by atoms with Gasteiger partial charge < -0.3 is 15.5 Å². The molecule has 1 atom stereocenters. The molecule has 164 valence electrons. The van der Waals surface area contributed by atoms with Crippen molar-refractivity contribution < 1.29 is 26.4 Å². The van der Waals surface area contributed by atoms with E-state index in [0.717, 1.165) is 12.1 Å². The van der Waals surface area contributed by atoms with Crippen molar-refractivity contribution in [2.24, 2.45) is 4.99 Å². The Labute approximate surface area is 185 Å². The van der Waals surface area contributed by atoms with E-state index in [2.05, 4.69) is 15.6 Å². The summed E-state index contributed by atoms with van der Waals surface area (Å²) in [5, 5.41) is 5.75. The van der Waals surface area contributed by atoms with E-state index in [4.69, 9.17) is 0 Å². The number of rotatable bonds is 5. The number of benzene rings is 1. The van der Waals surface area contributed by atoms with Crippen LogP contribution in [0.3, 0.4) is 0 Å². The molecule has 12 heteroatoms. The van der Waals surface area contributed by atoms with Crippen molar-refractivity contribution in [1.29, 1.82) is 0 Å². The predicted octanol–water partition coefficient (Wildman–Crippen LogP) is 1.63. The minimum atomic E-state index is -4.45. The third kappa shape index (κ3) is 8.36. The van der Waals surface area contributed by atoms with Crippen molar-refractivity contribution in [2.45, 2.75) is 25.2 Å². The van der Waals surface area contributed by atoms with E-state index in [-0.39, 0.29) is 66.5 Å². The third-order valence-corrected chi connectivity index (χ3v) is 5.92. The second kappa shape index (κ2) is 10.5. The van der Waals surface area contributed by atoms with E-state index in [1.165, 1.54) is 17.0 Å². The van der Waals surface area contributed by atoms with Crippen LogP contribution in [0.4, 0.5) is 13.2 Å². The number of alkyl halides is 3. The molecule has 2 rings (SSSR count). The largest absolute Gasteiger partial charge is 0.416 e. The second-order valence-corrected chi connectivity index (χ2v) is 8.98. The van der Waals surface area contributed by atoms with Crippen LogP contribution in [0, 0.1) is 0 Å². The minimum Gasteiger partial charge on any atom is -0.353 e. The van der Waals surface area contributed by atoms with Gasteiger partial charge in [0.1, 0.15) is 0 Å². The van der Waals surface area contributed by atoms with Crippen LogP contribution in [0.1, 0.15) is 17.5 Å². The first-order chi connectivity index (χ1) is 13.0. The minimum absolute atomic E-state index is 0. The summed E-state index contributed by atoms with van der Waals surface area (Å²) in [5.41, 5.74) is -0.429. The number of hydrogen-bond acceptors (Lipinski definition) is 4. The number of aliphatic imine (C=N–C) groups is 1. The zero-order valence-electron chi connectivity index (χ0n) is 16.0. The van der Waals surface area contributed by atoms with Gasteiger partial charge in [0.15, 0.2) is 15.8 Å². The van der Waals surface area contributed by atoms with Gasteiger partial charge in [-0.3, -0.25) is 4.79 Å². The standard InChI is InChI=1S/C17H23F3N4O3S.HI/c1-24(2)15(25)10-22-16(23-14-6-7-28(26,27)11-14)21-9-12-4-3-5-13(8-12)17(18,19)20;/h3-5,8,14H,6-7,9-11H2,1-2H3,(H2,21,22,23);1H. The summed E-state index contributed by atoms with van der Waals surface area (Å²) in [6.07, 6.45) is -4.05. The first-order valence-corrected chi connectivity index (χ1v) is 10.4. The normalized spacial score (nSPS) is 18.7. The Hall–Kier alpha value is -1.57. The molecule has 0 aromatic heterocycles. The van der Waals surface area contributed by atoms with E-state index < -0.39 is 21.6 Å². The van der Waals surface area contributed by atoms with Gasteiger partial charge in [0.2, 0.25) is 5.91 Å². The van der Waals surface area contributed by atoms with Gasteiger partial charge in [0.05, 0.1) is 30.2 Å². The van der Waals surface area contributed by atoms with Crippen molar-refractivity contribution in [3.8, 4) is 0 Å². The zero-order chi connectivity index (χ0) is 20.9. The Morgan fingerprint density at radius 2 is 2.00 bits per heavy atom. The molecule has 1 heterocycles. The summed E-state index contributed by atoms with van der Waals surface area (Å²) in [7, 11) is 0.0472. The van der Waals surface area contributed by atoms with Crippen molar-refractivity contribution in [1.82, 2.24) is 15.5 Å². The maximum absolute atomic E-state index is 12.8. The Morgan fingerprint density at radius 3 is 2.55 bits per heavy atom. The van der Waals surface area contributed by atoms with Crippen LogP contribution < -0.4 is 10.6 Å². The maximum Gasteiger partial charge on any atom is 0.416 e. The molecule has 7 nitrogen and oxygen atoms in total. The molecule has 0 spiro atoms. The monoisotopic (exact) mass is 548 g/mol. The lowest BCUT2D eigenvalue weighted by Crippen LogP contribution is -2.47. The van der Waals surface area contributed by atoms with Gasteiger partial charge in [-0.2, -0.15) is 13.2 Å². The van der Waals surface area contributed by atoms with Gasteiger partial charge in [-0.15, -0.1) is 24.0 Å². The van der Waals surface area contributed by atoms with Crippen molar-refractivity contribution in [3.05, 3.63) is 35.4 Å². The average molecular weight is 548 g/mol. The van der Waals surface area contributed by atoms with Gasteiger partial charge in [-0.25, -0.2) is 13.4 Å². The molecule has 0 aliphatic carbocycles. The first-order valence-electron chi connectivity index (χ1n) is 8.58. The highest BCUT2D eigenvalue weighted by Gasteiger charge is 2.30. The van der Waals surface area contributed by atoms with Crippen LogP contribution in [-0.2, 0) is 27.4 Å². The average Bonchev–Trinajstić information content (AvgIpc) is 2.95. The van der Waals surface area contributed by atoms with E-state index >= 15 is 0 Å². The van der Waals surface area contributed by atoms with E-state index in [0.29, 0.717) is 12.0 Å². The number of hydrogen-bond donors (Lipinski definition) is 2. The molecule has 1 aromatic rings. The third-order valence-electron chi connectivity index (χ3n) is 4.15. The van der Waals surface area contributed by atoms with Gasteiger partial charge in [0, 0.05) is 20.1 Å². The highest BCUT2D eigenvalue weighted by atomic mass is 127. The molecule has 0 saturated carbocycles. The summed E-state index contributed by atoms with van der Waals surface area (Å²) < 4.78 is 61.7. The smallest absolute Gasteiger partial charge is 0.353 e. The molecule has 1 aliphatic heterocycles. The molecule has 1 amide bonds. The SMILES string of the molecule is CN(C)C(=O)CNC(=NCc1cccc(C(F)(F)F)c1)NC1CCS(=O)(=O)C1.I. The number of halogens is 4. The Balaban J connectivity index is 0.00000420. The highest BCUT2D eigenvalue weighted by molar-refractivity contribution is 14.0. The Kier molecular flexibility index (Phi) is 9.18. The number of guanidine groups is 1. The second-order valence-electron chi connectivity index (χ2n) is 6.75. The fourth-order valence-corrected chi connectivity index (χ4v) is 4.26. The summed E-state index contributed by atoms with van der Waals surface area (Å²) in [5.74, 6) is -0.0523. The number of nitrogens with one attached hydrogen (secondary N) is 2. The lowest BCUT2D eigenvalue weighted by molar-refractivity contribution is -0.137. The van der Waals surface area contributed by atoms with E-state index in [1.54, 1.807) is 14.1 Å². The van der Waals surface area contributed by atoms with Crippen LogP contribution in [-0.4, -0.2) is 63.4 Å². The number of sulfone groups is 1. The molecule has 2 N–H and O–H groups in total.